The molecule has 1 atom stereocenters. The van der Waals surface area contributed by atoms with E-state index in [0.717, 1.165) is 16.9 Å². The minimum atomic E-state index is -1.31. The second-order valence-corrected chi connectivity index (χ2v) is 5.89. The van der Waals surface area contributed by atoms with Crippen LogP contribution in [-0.4, -0.2) is 31.0 Å². The number of nitrogens with two attached hydrogens (primary N) is 1. The van der Waals surface area contributed by atoms with Crippen molar-refractivity contribution in [1.82, 2.24) is 0 Å². The number of carbonyl (C=O) groups excluding carboxylic acids is 2. The number of amides is 2. The number of aliphatic hydroxyl groups is 1. The average molecular weight is 340 g/mol. The molecule has 0 aliphatic carbocycles. The zero-order valence-corrected chi connectivity index (χ0v) is 14.3. The van der Waals surface area contributed by atoms with Crippen LogP contribution in [0.1, 0.15) is 17.2 Å². The van der Waals surface area contributed by atoms with Crippen molar-refractivity contribution in [2.45, 2.75) is 12.5 Å². The molecule has 0 aliphatic heterocycles. The highest BCUT2D eigenvalue weighted by Gasteiger charge is 2.13. The molecule has 4 N–H and O–H groups in total. The third-order valence-corrected chi connectivity index (χ3v) is 3.74. The number of hydrogen-bond acceptors (Lipinski definition) is 4. The first-order chi connectivity index (χ1) is 11.9. The van der Waals surface area contributed by atoms with E-state index in [1.165, 1.54) is 0 Å². The Kier molecular flexibility index (Phi) is 6.14. The molecule has 2 aromatic carbocycles. The lowest BCUT2D eigenvalue weighted by atomic mass is 10.0. The van der Waals surface area contributed by atoms with Crippen LogP contribution in [-0.2, 0) is 16.0 Å². The summed E-state index contributed by atoms with van der Waals surface area (Å²) in [6.07, 6.45) is 0.667. The Bertz CT molecular complexity index is 725. The molecule has 6 heteroatoms. The van der Waals surface area contributed by atoms with E-state index in [1.807, 2.05) is 43.3 Å². The monoisotopic (exact) mass is 340 g/mol. The van der Waals surface area contributed by atoms with Crippen molar-refractivity contribution in [3.8, 4) is 0 Å². The largest absolute Gasteiger partial charge is 0.378 e. The number of nitrogens with one attached hydrogen (secondary N) is 1. The summed E-state index contributed by atoms with van der Waals surface area (Å²) in [6.45, 7) is 0. The normalized spacial score (nSPS) is 11.6. The highest BCUT2D eigenvalue weighted by molar-refractivity contribution is 5.97. The van der Waals surface area contributed by atoms with E-state index < -0.39 is 12.0 Å². The number of carbonyl (C=O) groups is 2. The van der Waals surface area contributed by atoms with Gasteiger partial charge in [-0.25, -0.2) is 0 Å². The van der Waals surface area contributed by atoms with Crippen LogP contribution in [0.15, 0.2) is 48.5 Å². The van der Waals surface area contributed by atoms with Gasteiger partial charge in [0.2, 0.25) is 5.91 Å². The lowest BCUT2D eigenvalue weighted by Crippen LogP contribution is -2.20. The van der Waals surface area contributed by atoms with Gasteiger partial charge in [0.1, 0.15) is 0 Å². The predicted octanol–water partition coefficient (Wildman–Crippen LogP) is 1.66. The van der Waals surface area contributed by atoms with E-state index in [-0.39, 0.29) is 5.91 Å². The van der Waals surface area contributed by atoms with E-state index in [4.69, 9.17) is 5.73 Å². The predicted molar refractivity (Wildman–Crippen MR) is 98.0 cm³/mol. The van der Waals surface area contributed by atoms with Gasteiger partial charge in [0.05, 0.1) is 6.42 Å². The quantitative estimate of drug-likeness (QED) is 0.714. The van der Waals surface area contributed by atoms with E-state index in [9.17, 15) is 14.7 Å². The molecule has 0 saturated heterocycles. The van der Waals surface area contributed by atoms with Gasteiger partial charge in [0, 0.05) is 25.5 Å². The van der Waals surface area contributed by atoms with Crippen LogP contribution < -0.4 is 16.0 Å². The van der Waals surface area contributed by atoms with Crippen LogP contribution in [0.4, 0.5) is 11.4 Å². The maximum atomic E-state index is 12.0. The Morgan fingerprint density at radius 1 is 1.12 bits per heavy atom. The lowest BCUT2D eigenvalue weighted by Gasteiger charge is -2.13. The second-order valence-electron chi connectivity index (χ2n) is 5.89. The van der Waals surface area contributed by atoms with E-state index >= 15 is 0 Å². The molecule has 2 rings (SSSR count). The molecule has 2 aromatic rings. The molecule has 1 radical (unpaired) electrons. The number of rotatable bonds is 7. The van der Waals surface area contributed by atoms with E-state index in [0.29, 0.717) is 12.0 Å². The first-order valence-electron chi connectivity index (χ1n) is 7.84. The third kappa shape index (κ3) is 5.32. The van der Waals surface area contributed by atoms with Gasteiger partial charge in [-0.2, -0.15) is 0 Å². The Morgan fingerprint density at radius 3 is 2.24 bits per heavy atom. The maximum absolute atomic E-state index is 12.0. The third-order valence-electron chi connectivity index (χ3n) is 3.74. The molecule has 0 saturated carbocycles. The van der Waals surface area contributed by atoms with Crippen molar-refractivity contribution in [3.05, 3.63) is 66.1 Å². The number of nitrogens with zero attached hydrogens (tertiary/aromatic N) is 1. The van der Waals surface area contributed by atoms with Crippen LogP contribution in [0.25, 0.3) is 0 Å². The maximum Gasteiger partial charge on any atom is 0.250 e. The molecule has 0 bridgehead atoms. The van der Waals surface area contributed by atoms with Crippen LogP contribution in [0.5, 0.6) is 0 Å². The van der Waals surface area contributed by atoms with Crippen molar-refractivity contribution < 1.29 is 14.7 Å². The Labute approximate surface area is 147 Å². The van der Waals surface area contributed by atoms with Gasteiger partial charge in [0.25, 0.3) is 5.91 Å². The molecule has 0 unspecified atom stereocenters. The molecular formula is C19H22N3O3. The van der Waals surface area contributed by atoms with Crippen molar-refractivity contribution in [2.24, 2.45) is 5.73 Å². The standard InChI is InChI=1S/C19H22N3O3/c1-22(2)16-10-8-15(9-11-16)21-17(23)12-5-13-3-6-14(7-4-13)18(24)19(20)25/h3-4,6-12,18,24H,5H2,1-2H3,(H2,20,25)(H,21,23)/t18-/m0/s1. The Balaban J connectivity index is 1.86. The zero-order chi connectivity index (χ0) is 18.4. The molecule has 25 heavy (non-hydrogen) atoms. The average Bonchev–Trinajstić information content (AvgIpc) is 2.60. The fourth-order valence-corrected chi connectivity index (χ4v) is 2.25. The summed E-state index contributed by atoms with van der Waals surface area (Å²) < 4.78 is 0. The van der Waals surface area contributed by atoms with Gasteiger partial charge >= 0.3 is 0 Å². The van der Waals surface area contributed by atoms with Crippen molar-refractivity contribution in [3.63, 3.8) is 0 Å². The van der Waals surface area contributed by atoms with Gasteiger partial charge in [-0.3, -0.25) is 9.59 Å². The first-order valence-corrected chi connectivity index (χ1v) is 7.84. The highest BCUT2D eigenvalue weighted by Crippen LogP contribution is 2.17. The van der Waals surface area contributed by atoms with Crippen LogP contribution in [0, 0.1) is 6.42 Å². The fraction of sp³-hybridized carbons (Fsp3) is 0.211. The summed E-state index contributed by atoms with van der Waals surface area (Å²) in [5, 5.41) is 12.4. The topological polar surface area (TPSA) is 95.7 Å². The van der Waals surface area contributed by atoms with Crippen molar-refractivity contribution in [2.75, 3.05) is 24.3 Å². The van der Waals surface area contributed by atoms with Gasteiger partial charge in [0.15, 0.2) is 6.10 Å². The first kappa shape index (κ1) is 18.5. The molecule has 131 valence electrons. The molecule has 6 nitrogen and oxygen atoms in total. The minimum Gasteiger partial charge on any atom is -0.378 e. The minimum absolute atomic E-state index is 0.196. The lowest BCUT2D eigenvalue weighted by molar-refractivity contribution is -0.126. The summed E-state index contributed by atoms with van der Waals surface area (Å²) >= 11 is 0. The van der Waals surface area contributed by atoms with Crippen LogP contribution in [0.2, 0.25) is 0 Å². The summed E-state index contributed by atoms with van der Waals surface area (Å²) in [7, 11) is 3.91. The van der Waals surface area contributed by atoms with Crippen LogP contribution >= 0.6 is 0 Å². The molecule has 0 fully saturated rings. The number of aliphatic hydroxyl groups excluding tert-OH is 1. The zero-order valence-electron chi connectivity index (χ0n) is 14.3. The number of anilines is 2. The summed E-state index contributed by atoms with van der Waals surface area (Å²) in [6, 6.07) is 14.3. The molecular weight excluding hydrogens is 318 g/mol. The van der Waals surface area contributed by atoms with Crippen molar-refractivity contribution in [1.29, 1.82) is 0 Å². The fourth-order valence-electron chi connectivity index (χ4n) is 2.25. The summed E-state index contributed by atoms with van der Waals surface area (Å²) in [5.74, 6) is -0.988. The second kappa shape index (κ2) is 8.30. The Morgan fingerprint density at radius 2 is 1.72 bits per heavy atom. The molecule has 0 spiro atoms. The number of primary amides is 1. The molecule has 0 aliphatic rings. The van der Waals surface area contributed by atoms with Gasteiger partial charge in [-0.05, 0) is 41.8 Å². The SMILES string of the molecule is CN(C)c1ccc(NC(=O)[CH]Cc2ccc([C@H](O)C(N)=O)cc2)cc1. The highest BCUT2D eigenvalue weighted by atomic mass is 16.3. The molecule has 2 amide bonds. The van der Waals surface area contributed by atoms with E-state index in [2.05, 4.69) is 5.32 Å². The van der Waals surface area contributed by atoms with E-state index in [1.54, 1.807) is 30.7 Å². The summed E-state index contributed by atoms with van der Waals surface area (Å²) in [5.41, 5.74) is 8.16. The van der Waals surface area contributed by atoms with Gasteiger partial charge in [-0.15, -0.1) is 0 Å². The Hall–Kier alpha value is -2.86. The smallest absolute Gasteiger partial charge is 0.250 e. The molecule has 0 heterocycles. The van der Waals surface area contributed by atoms with Crippen LogP contribution in [0.3, 0.4) is 0 Å². The molecule has 0 aromatic heterocycles. The van der Waals surface area contributed by atoms with Gasteiger partial charge in [-0.1, -0.05) is 24.3 Å². The van der Waals surface area contributed by atoms with Gasteiger partial charge < -0.3 is 21.1 Å². The van der Waals surface area contributed by atoms with Crippen molar-refractivity contribution >= 4 is 23.2 Å². The number of benzene rings is 2. The number of hydrogen-bond donors (Lipinski definition) is 3. The summed E-state index contributed by atoms with van der Waals surface area (Å²) in [4.78, 5) is 24.9.